The van der Waals surface area contributed by atoms with E-state index < -0.39 is 15.9 Å². The molecule has 0 bridgehead atoms. The van der Waals surface area contributed by atoms with Gasteiger partial charge in [0.15, 0.2) is 6.61 Å². The van der Waals surface area contributed by atoms with E-state index in [9.17, 15) is 18.0 Å². The largest absolute Gasteiger partial charge is 0.482 e. The molecule has 1 atom stereocenters. The number of nitrogens with zero attached hydrogens (tertiary/aromatic N) is 2. The van der Waals surface area contributed by atoms with E-state index in [4.69, 9.17) is 4.74 Å². The molecule has 0 aromatic heterocycles. The molecule has 4 rings (SSSR count). The molecule has 2 aliphatic rings. The molecule has 1 N–H and O–H groups in total. The van der Waals surface area contributed by atoms with Crippen molar-refractivity contribution in [2.75, 3.05) is 31.1 Å². The number of anilines is 1. The Kier molecular flexibility index (Phi) is 5.97. The van der Waals surface area contributed by atoms with Gasteiger partial charge in [-0.05, 0) is 43.5 Å². The zero-order valence-corrected chi connectivity index (χ0v) is 18.1. The number of carbonyl (C=O) groups excluding carboxylic acids is 2. The highest BCUT2D eigenvalue weighted by atomic mass is 32.2. The van der Waals surface area contributed by atoms with Gasteiger partial charge < -0.3 is 10.1 Å². The van der Waals surface area contributed by atoms with Crippen molar-refractivity contribution < 1.29 is 22.7 Å². The highest BCUT2D eigenvalue weighted by Crippen LogP contribution is 2.35. The van der Waals surface area contributed by atoms with Crippen molar-refractivity contribution in [3.8, 4) is 5.75 Å². The smallest absolute Gasteiger partial charge is 0.265 e. The van der Waals surface area contributed by atoms with Gasteiger partial charge in [-0.25, -0.2) is 8.42 Å². The van der Waals surface area contributed by atoms with Crippen LogP contribution in [0.5, 0.6) is 5.75 Å². The van der Waals surface area contributed by atoms with Gasteiger partial charge in [-0.3, -0.25) is 14.5 Å². The van der Waals surface area contributed by atoms with Gasteiger partial charge in [0.05, 0.1) is 16.6 Å². The molecule has 1 fully saturated rings. The number of nitrogens with one attached hydrogen (secondary N) is 1. The number of carbonyl (C=O) groups is 2. The van der Waals surface area contributed by atoms with Crippen LogP contribution in [0.15, 0.2) is 53.4 Å². The first kappa shape index (κ1) is 21.3. The zero-order valence-electron chi connectivity index (χ0n) is 17.3. The fourth-order valence-electron chi connectivity index (χ4n) is 3.85. The van der Waals surface area contributed by atoms with Crippen LogP contribution in [-0.4, -0.2) is 50.8 Å². The van der Waals surface area contributed by atoms with Crippen molar-refractivity contribution in [2.24, 2.45) is 0 Å². The molecule has 2 aliphatic heterocycles. The van der Waals surface area contributed by atoms with Gasteiger partial charge in [0.2, 0.25) is 15.9 Å². The molecule has 1 saturated heterocycles. The summed E-state index contributed by atoms with van der Waals surface area (Å²) >= 11 is 0. The first-order valence-corrected chi connectivity index (χ1v) is 11.7. The molecule has 164 valence electrons. The Hall–Kier alpha value is -2.91. The monoisotopic (exact) mass is 443 g/mol. The second-order valence-electron chi connectivity index (χ2n) is 7.71. The van der Waals surface area contributed by atoms with Crippen LogP contribution in [0.3, 0.4) is 0 Å². The summed E-state index contributed by atoms with van der Waals surface area (Å²) in [5.41, 5.74) is 1.24. The van der Waals surface area contributed by atoms with Gasteiger partial charge in [0.1, 0.15) is 12.3 Å². The normalized spacial score (nSPS) is 17.7. The average Bonchev–Trinajstić information content (AvgIpc) is 3.32. The Morgan fingerprint density at radius 1 is 1.13 bits per heavy atom. The molecule has 2 amide bonds. The van der Waals surface area contributed by atoms with Crippen LogP contribution in [0.2, 0.25) is 0 Å². The summed E-state index contributed by atoms with van der Waals surface area (Å²) in [7, 11) is -3.66. The molecular formula is C22H25N3O5S. The van der Waals surface area contributed by atoms with E-state index in [1.54, 1.807) is 6.07 Å². The van der Waals surface area contributed by atoms with Crippen molar-refractivity contribution >= 4 is 27.5 Å². The van der Waals surface area contributed by atoms with E-state index >= 15 is 0 Å². The minimum Gasteiger partial charge on any atom is -0.482 e. The van der Waals surface area contributed by atoms with Gasteiger partial charge in [0.25, 0.3) is 5.91 Å². The van der Waals surface area contributed by atoms with Crippen LogP contribution >= 0.6 is 0 Å². The summed E-state index contributed by atoms with van der Waals surface area (Å²) in [4.78, 5) is 26.6. The maximum Gasteiger partial charge on any atom is 0.265 e. The van der Waals surface area contributed by atoms with E-state index in [0.717, 1.165) is 18.4 Å². The Balaban J connectivity index is 1.55. The third kappa shape index (κ3) is 4.42. The van der Waals surface area contributed by atoms with Gasteiger partial charge >= 0.3 is 0 Å². The second kappa shape index (κ2) is 8.68. The molecule has 0 spiro atoms. The third-order valence-corrected chi connectivity index (χ3v) is 7.45. The molecule has 31 heavy (non-hydrogen) atoms. The molecule has 0 radical (unpaired) electrons. The zero-order chi connectivity index (χ0) is 22.0. The second-order valence-corrected chi connectivity index (χ2v) is 9.65. The summed E-state index contributed by atoms with van der Waals surface area (Å²) in [6, 6.07) is 13.7. The Morgan fingerprint density at radius 2 is 1.84 bits per heavy atom. The summed E-state index contributed by atoms with van der Waals surface area (Å²) < 4.78 is 32.8. The van der Waals surface area contributed by atoms with Crippen LogP contribution < -0.4 is 15.0 Å². The number of sulfonamides is 1. The predicted octanol–water partition coefficient (Wildman–Crippen LogP) is 2.07. The van der Waals surface area contributed by atoms with Gasteiger partial charge in [-0.1, -0.05) is 30.3 Å². The summed E-state index contributed by atoms with van der Waals surface area (Å²) in [6.07, 6.45) is 1.66. The van der Waals surface area contributed by atoms with E-state index in [2.05, 4.69) is 5.32 Å². The maximum absolute atomic E-state index is 12.9. The number of fused-ring (bicyclic) bond motifs is 1. The van der Waals surface area contributed by atoms with Crippen molar-refractivity contribution in [3.63, 3.8) is 0 Å². The lowest BCUT2D eigenvalue weighted by Crippen LogP contribution is -2.45. The van der Waals surface area contributed by atoms with E-state index in [0.29, 0.717) is 24.5 Å². The Bertz CT molecular complexity index is 1080. The van der Waals surface area contributed by atoms with Crippen LogP contribution in [0.4, 0.5) is 5.69 Å². The standard InChI is InChI=1S/C22H25N3O5S/c1-16(17-7-3-2-4-8-17)23-21(26)14-25-19-13-18(9-10-20(19)30-15-22(25)27)31(28,29)24-11-5-6-12-24/h2-4,7-10,13,16H,5-6,11-12,14-15H2,1H3,(H,23,26). The Morgan fingerprint density at radius 3 is 2.55 bits per heavy atom. The van der Waals surface area contributed by atoms with Crippen molar-refractivity contribution in [2.45, 2.75) is 30.7 Å². The van der Waals surface area contributed by atoms with Crippen LogP contribution in [-0.2, 0) is 19.6 Å². The number of benzene rings is 2. The predicted molar refractivity (Wildman–Crippen MR) is 115 cm³/mol. The first-order chi connectivity index (χ1) is 14.9. The molecule has 1 unspecified atom stereocenters. The minimum absolute atomic E-state index is 0.0921. The van der Waals surface area contributed by atoms with Crippen molar-refractivity contribution in [1.29, 1.82) is 0 Å². The van der Waals surface area contributed by atoms with E-state index in [-0.39, 0.29) is 30.0 Å². The molecule has 2 aromatic rings. The summed E-state index contributed by atoms with van der Waals surface area (Å²) in [5.74, 6) is -0.361. The van der Waals surface area contributed by atoms with Gasteiger partial charge in [0, 0.05) is 13.1 Å². The lowest BCUT2D eigenvalue weighted by Gasteiger charge is -2.30. The van der Waals surface area contributed by atoms with E-state index in [1.165, 1.54) is 21.3 Å². The highest BCUT2D eigenvalue weighted by molar-refractivity contribution is 7.89. The fraction of sp³-hybridized carbons (Fsp3) is 0.364. The number of hydrogen-bond donors (Lipinski definition) is 1. The van der Waals surface area contributed by atoms with Gasteiger partial charge in [-0.15, -0.1) is 0 Å². The number of amides is 2. The summed E-state index contributed by atoms with van der Waals surface area (Å²) in [6.45, 7) is 2.41. The van der Waals surface area contributed by atoms with Crippen LogP contribution in [0.25, 0.3) is 0 Å². The minimum atomic E-state index is -3.66. The topological polar surface area (TPSA) is 96.0 Å². The van der Waals surface area contributed by atoms with Crippen molar-refractivity contribution in [1.82, 2.24) is 9.62 Å². The van der Waals surface area contributed by atoms with E-state index in [1.807, 2.05) is 37.3 Å². The highest BCUT2D eigenvalue weighted by Gasteiger charge is 2.32. The van der Waals surface area contributed by atoms with Crippen molar-refractivity contribution in [3.05, 3.63) is 54.1 Å². The molecule has 0 aliphatic carbocycles. The summed E-state index contributed by atoms with van der Waals surface area (Å²) in [5, 5.41) is 2.88. The molecule has 8 nitrogen and oxygen atoms in total. The molecule has 0 saturated carbocycles. The third-order valence-electron chi connectivity index (χ3n) is 5.55. The number of hydrogen-bond acceptors (Lipinski definition) is 5. The SMILES string of the molecule is CC(NC(=O)CN1C(=O)COc2ccc(S(=O)(=O)N3CCCC3)cc21)c1ccccc1. The Labute approximate surface area is 181 Å². The molecule has 9 heteroatoms. The first-order valence-electron chi connectivity index (χ1n) is 10.3. The number of rotatable bonds is 6. The maximum atomic E-state index is 12.9. The average molecular weight is 444 g/mol. The lowest BCUT2D eigenvalue weighted by atomic mass is 10.1. The quantitative estimate of drug-likeness (QED) is 0.737. The molecule has 2 aromatic carbocycles. The fourth-order valence-corrected chi connectivity index (χ4v) is 5.39. The van der Waals surface area contributed by atoms with Crippen LogP contribution in [0.1, 0.15) is 31.4 Å². The molecular weight excluding hydrogens is 418 g/mol. The van der Waals surface area contributed by atoms with Gasteiger partial charge in [-0.2, -0.15) is 4.31 Å². The lowest BCUT2D eigenvalue weighted by molar-refractivity contribution is -0.125. The number of ether oxygens (including phenoxy) is 1. The molecule has 2 heterocycles. The van der Waals surface area contributed by atoms with Crippen LogP contribution in [0, 0.1) is 0 Å².